The fourth-order valence-electron chi connectivity index (χ4n) is 1.65. The van der Waals surface area contributed by atoms with E-state index in [9.17, 15) is 4.79 Å². The molecule has 0 radical (unpaired) electrons. The van der Waals surface area contributed by atoms with E-state index in [-0.39, 0.29) is 0 Å². The Hall–Kier alpha value is -0.330. The van der Waals surface area contributed by atoms with E-state index in [0.717, 1.165) is 25.7 Å². The summed E-state index contributed by atoms with van der Waals surface area (Å²) < 4.78 is 0. The first-order valence-corrected chi connectivity index (χ1v) is 4.91. The van der Waals surface area contributed by atoms with E-state index in [1.165, 1.54) is 32.1 Å². The van der Waals surface area contributed by atoms with Crippen LogP contribution >= 0.6 is 0 Å². The molecule has 1 aliphatic rings. The van der Waals surface area contributed by atoms with Crippen molar-refractivity contribution in [1.82, 2.24) is 0 Å². The van der Waals surface area contributed by atoms with Crippen molar-refractivity contribution in [3.8, 4) is 0 Å². The average Bonchev–Trinajstić information content (AvgIpc) is 2.03. The number of rotatable bonds is 0. The van der Waals surface area contributed by atoms with Crippen molar-refractivity contribution in [2.45, 2.75) is 57.8 Å². The topological polar surface area (TPSA) is 17.1 Å². The molecule has 1 saturated carbocycles. The maximum atomic E-state index is 11.1. The number of hydrogen-bond acceptors (Lipinski definition) is 1. The van der Waals surface area contributed by atoms with Crippen LogP contribution in [0.2, 0.25) is 0 Å². The Morgan fingerprint density at radius 1 is 0.636 bits per heavy atom. The molecule has 0 aromatic carbocycles. The Morgan fingerprint density at radius 2 is 1.00 bits per heavy atom. The molecule has 0 atom stereocenters. The molecule has 0 unspecified atom stereocenters. The molecule has 1 fully saturated rings. The SMILES string of the molecule is O=C1CCCCCCCCC1. The van der Waals surface area contributed by atoms with Gasteiger partial charge in [0.25, 0.3) is 0 Å². The molecule has 1 nitrogen and oxygen atoms in total. The van der Waals surface area contributed by atoms with Gasteiger partial charge in [0.15, 0.2) is 0 Å². The van der Waals surface area contributed by atoms with E-state index in [2.05, 4.69) is 0 Å². The molecule has 0 N–H and O–H groups in total. The first kappa shape index (κ1) is 8.76. The molecular weight excluding hydrogens is 136 g/mol. The van der Waals surface area contributed by atoms with Crippen LogP contribution < -0.4 is 0 Å². The monoisotopic (exact) mass is 154 g/mol. The summed E-state index contributed by atoms with van der Waals surface area (Å²) in [6, 6.07) is 0. The first-order chi connectivity index (χ1) is 5.39. The Morgan fingerprint density at radius 3 is 1.45 bits per heavy atom. The normalized spacial score (nSPS) is 23.1. The number of Topliss-reactive ketones (excluding diaryl/α,β-unsaturated/α-hetero) is 1. The maximum Gasteiger partial charge on any atom is 0.132 e. The molecule has 0 heterocycles. The van der Waals surface area contributed by atoms with Crippen molar-refractivity contribution in [2.24, 2.45) is 0 Å². The van der Waals surface area contributed by atoms with Gasteiger partial charge >= 0.3 is 0 Å². The van der Waals surface area contributed by atoms with Crippen LogP contribution in [0.15, 0.2) is 0 Å². The highest BCUT2D eigenvalue weighted by Gasteiger charge is 2.03. The van der Waals surface area contributed by atoms with E-state index in [0.29, 0.717) is 5.78 Å². The molecule has 0 bridgehead atoms. The van der Waals surface area contributed by atoms with Gasteiger partial charge in [0.1, 0.15) is 5.78 Å². The van der Waals surface area contributed by atoms with Gasteiger partial charge < -0.3 is 0 Å². The summed E-state index contributed by atoms with van der Waals surface area (Å²) in [6.07, 6.45) is 10.6. The third kappa shape index (κ3) is 4.18. The second-order valence-corrected chi connectivity index (χ2v) is 3.51. The van der Waals surface area contributed by atoms with E-state index in [1.807, 2.05) is 0 Å². The molecule has 1 rings (SSSR count). The first-order valence-electron chi connectivity index (χ1n) is 4.91. The second kappa shape index (κ2) is 5.34. The van der Waals surface area contributed by atoms with E-state index in [1.54, 1.807) is 0 Å². The Labute approximate surface area is 69.2 Å². The van der Waals surface area contributed by atoms with E-state index in [4.69, 9.17) is 0 Å². The Bertz CT molecular complexity index is 106. The Balaban J connectivity index is 2.17. The predicted molar refractivity (Wildman–Crippen MR) is 46.6 cm³/mol. The lowest BCUT2D eigenvalue weighted by atomic mass is 10.0. The molecule has 1 aliphatic carbocycles. The molecule has 0 aromatic rings. The molecule has 0 spiro atoms. The third-order valence-electron chi connectivity index (χ3n) is 2.41. The summed E-state index contributed by atoms with van der Waals surface area (Å²) >= 11 is 0. The molecule has 0 aliphatic heterocycles. The van der Waals surface area contributed by atoms with Crippen LogP contribution in [0.4, 0.5) is 0 Å². The average molecular weight is 154 g/mol. The van der Waals surface area contributed by atoms with Crippen LogP contribution in [0.3, 0.4) is 0 Å². The van der Waals surface area contributed by atoms with Gasteiger partial charge in [-0.05, 0) is 12.8 Å². The number of hydrogen-bond donors (Lipinski definition) is 0. The lowest BCUT2D eigenvalue weighted by Gasteiger charge is -2.05. The van der Waals surface area contributed by atoms with Gasteiger partial charge in [-0.1, -0.05) is 32.1 Å². The zero-order valence-electron chi connectivity index (χ0n) is 7.27. The van der Waals surface area contributed by atoms with Crippen molar-refractivity contribution in [3.05, 3.63) is 0 Å². The van der Waals surface area contributed by atoms with Crippen LogP contribution in [0.5, 0.6) is 0 Å². The van der Waals surface area contributed by atoms with Gasteiger partial charge in [0.05, 0.1) is 0 Å². The van der Waals surface area contributed by atoms with E-state index < -0.39 is 0 Å². The summed E-state index contributed by atoms with van der Waals surface area (Å²) in [5.41, 5.74) is 0. The van der Waals surface area contributed by atoms with Crippen molar-refractivity contribution < 1.29 is 4.79 Å². The molecule has 1 heteroatoms. The van der Waals surface area contributed by atoms with Crippen LogP contribution in [0.25, 0.3) is 0 Å². The fourth-order valence-corrected chi connectivity index (χ4v) is 1.65. The van der Waals surface area contributed by atoms with Gasteiger partial charge in [-0.25, -0.2) is 0 Å². The molecule has 0 saturated heterocycles. The summed E-state index contributed by atoms with van der Waals surface area (Å²) in [4.78, 5) is 11.1. The lowest BCUT2D eigenvalue weighted by molar-refractivity contribution is -0.119. The van der Waals surface area contributed by atoms with Gasteiger partial charge in [0.2, 0.25) is 0 Å². The zero-order chi connectivity index (χ0) is 7.94. The second-order valence-electron chi connectivity index (χ2n) is 3.51. The van der Waals surface area contributed by atoms with Gasteiger partial charge in [-0.2, -0.15) is 0 Å². The summed E-state index contributed by atoms with van der Waals surface area (Å²) in [6.45, 7) is 0. The smallest absolute Gasteiger partial charge is 0.132 e. The number of carbonyl (C=O) groups is 1. The largest absolute Gasteiger partial charge is 0.300 e. The Kier molecular flexibility index (Phi) is 4.25. The zero-order valence-corrected chi connectivity index (χ0v) is 7.27. The standard InChI is InChI=1S/C10H18O/c11-10-8-6-4-2-1-3-5-7-9-10/h1-9H2. The van der Waals surface area contributed by atoms with Gasteiger partial charge in [-0.15, -0.1) is 0 Å². The minimum absolute atomic E-state index is 0.493. The van der Waals surface area contributed by atoms with Crippen molar-refractivity contribution in [2.75, 3.05) is 0 Å². The lowest BCUT2D eigenvalue weighted by Crippen LogP contribution is -1.99. The quantitative estimate of drug-likeness (QED) is 0.524. The number of ketones is 1. The molecule has 64 valence electrons. The van der Waals surface area contributed by atoms with Gasteiger partial charge in [0, 0.05) is 12.8 Å². The van der Waals surface area contributed by atoms with Crippen LogP contribution in [0.1, 0.15) is 57.8 Å². The highest BCUT2D eigenvalue weighted by Crippen LogP contribution is 2.13. The minimum Gasteiger partial charge on any atom is -0.300 e. The van der Waals surface area contributed by atoms with Crippen LogP contribution in [0, 0.1) is 0 Å². The highest BCUT2D eigenvalue weighted by molar-refractivity contribution is 5.78. The molecular formula is C10H18O. The van der Waals surface area contributed by atoms with Crippen molar-refractivity contribution in [1.29, 1.82) is 0 Å². The van der Waals surface area contributed by atoms with E-state index >= 15 is 0 Å². The van der Waals surface area contributed by atoms with Crippen LogP contribution in [-0.2, 0) is 4.79 Å². The minimum atomic E-state index is 0.493. The maximum absolute atomic E-state index is 11.1. The van der Waals surface area contributed by atoms with Crippen LogP contribution in [-0.4, -0.2) is 5.78 Å². The van der Waals surface area contributed by atoms with Crippen molar-refractivity contribution in [3.63, 3.8) is 0 Å². The molecule has 0 aromatic heterocycles. The number of carbonyl (C=O) groups excluding carboxylic acids is 1. The van der Waals surface area contributed by atoms with Crippen molar-refractivity contribution >= 4 is 5.78 Å². The molecule has 11 heavy (non-hydrogen) atoms. The van der Waals surface area contributed by atoms with Gasteiger partial charge in [-0.3, -0.25) is 4.79 Å². The summed E-state index contributed by atoms with van der Waals surface area (Å²) in [5.74, 6) is 0.493. The molecule has 0 amide bonds. The summed E-state index contributed by atoms with van der Waals surface area (Å²) in [7, 11) is 0. The highest BCUT2D eigenvalue weighted by atomic mass is 16.1. The summed E-state index contributed by atoms with van der Waals surface area (Å²) in [5, 5.41) is 0. The fraction of sp³-hybridized carbons (Fsp3) is 0.900. The third-order valence-corrected chi connectivity index (χ3v) is 2.41. The predicted octanol–water partition coefficient (Wildman–Crippen LogP) is 3.08.